The lowest BCUT2D eigenvalue weighted by atomic mass is 10.2. The molecule has 0 aliphatic carbocycles. The molecule has 0 unspecified atom stereocenters. The third-order valence-corrected chi connectivity index (χ3v) is 2.83. The van der Waals surface area contributed by atoms with E-state index in [1.54, 1.807) is 18.5 Å². The van der Waals surface area contributed by atoms with Gasteiger partial charge in [0, 0.05) is 24.8 Å². The van der Waals surface area contributed by atoms with E-state index >= 15 is 0 Å². The second-order valence-corrected chi connectivity index (χ2v) is 4.13. The van der Waals surface area contributed by atoms with E-state index in [-0.39, 0.29) is 12.5 Å². The van der Waals surface area contributed by atoms with E-state index in [1.165, 1.54) is 0 Å². The fourth-order valence-electron chi connectivity index (χ4n) is 1.83. The second-order valence-electron chi connectivity index (χ2n) is 4.13. The van der Waals surface area contributed by atoms with Crippen molar-refractivity contribution in [2.24, 2.45) is 0 Å². The summed E-state index contributed by atoms with van der Waals surface area (Å²) in [4.78, 5) is 17.8. The number of carbonyl (C=O) groups excluding carboxylic acids is 1. The van der Waals surface area contributed by atoms with Crippen LogP contribution in [0.25, 0.3) is 0 Å². The molecule has 1 aliphatic rings. The van der Waals surface area contributed by atoms with Crippen molar-refractivity contribution in [2.75, 3.05) is 38.2 Å². The number of carbonyl (C=O) groups is 1. The van der Waals surface area contributed by atoms with Crippen LogP contribution in [0.3, 0.4) is 0 Å². The van der Waals surface area contributed by atoms with Gasteiger partial charge in [0.05, 0.1) is 38.2 Å². The average Bonchev–Trinajstić information content (AvgIpc) is 2.40. The highest BCUT2D eigenvalue weighted by atomic mass is 16.5. The first-order valence-corrected chi connectivity index (χ1v) is 5.93. The highest BCUT2D eigenvalue weighted by Crippen LogP contribution is 2.13. The van der Waals surface area contributed by atoms with E-state index in [9.17, 15) is 4.79 Å². The summed E-state index contributed by atoms with van der Waals surface area (Å²) < 4.78 is 5.22. The minimum absolute atomic E-state index is 0.0976. The molecule has 6 nitrogen and oxygen atoms in total. The van der Waals surface area contributed by atoms with Gasteiger partial charge < -0.3 is 15.2 Å². The average molecular weight is 251 g/mol. The summed E-state index contributed by atoms with van der Waals surface area (Å²) in [5.41, 5.74) is 1.23. The van der Waals surface area contributed by atoms with Crippen molar-refractivity contribution in [2.45, 2.75) is 6.61 Å². The van der Waals surface area contributed by atoms with E-state index in [2.05, 4.69) is 10.3 Å². The largest absolute Gasteiger partial charge is 0.392 e. The van der Waals surface area contributed by atoms with E-state index in [1.807, 2.05) is 4.90 Å². The first kappa shape index (κ1) is 12.9. The minimum atomic E-state index is -0.115. The molecule has 6 heteroatoms. The summed E-state index contributed by atoms with van der Waals surface area (Å²) in [6.07, 6.45) is 3.13. The summed E-state index contributed by atoms with van der Waals surface area (Å²) in [5, 5.41) is 11.9. The molecule has 18 heavy (non-hydrogen) atoms. The normalized spacial score (nSPS) is 16.5. The molecule has 1 aromatic heterocycles. The smallest absolute Gasteiger partial charge is 0.238 e. The van der Waals surface area contributed by atoms with Crippen molar-refractivity contribution in [3.63, 3.8) is 0 Å². The van der Waals surface area contributed by atoms with Crippen molar-refractivity contribution in [3.8, 4) is 0 Å². The number of hydrogen-bond donors (Lipinski definition) is 2. The van der Waals surface area contributed by atoms with Crippen molar-refractivity contribution < 1.29 is 14.6 Å². The fourth-order valence-corrected chi connectivity index (χ4v) is 1.83. The zero-order chi connectivity index (χ0) is 12.8. The van der Waals surface area contributed by atoms with Crippen LogP contribution < -0.4 is 5.32 Å². The second kappa shape index (κ2) is 6.44. The zero-order valence-electron chi connectivity index (χ0n) is 10.1. The number of amides is 1. The van der Waals surface area contributed by atoms with Crippen LogP contribution in [-0.2, 0) is 16.1 Å². The van der Waals surface area contributed by atoms with Gasteiger partial charge in [-0.25, -0.2) is 0 Å². The summed E-state index contributed by atoms with van der Waals surface area (Å²) >= 11 is 0. The van der Waals surface area contributed by atoms with Gasteiger partial charge in [-0.05, 0) is 6.07 Å². The Morgan fingerprint density at radius 1 is 1.50 bits per heavy atom. The Bertz CT molecular complexity index is 405. The van der Waals surface area contributed by atoms with Crippen molar-refractivity contribution in [1.29, 1.82) is 0 Å². The standard InChI is InChI=1S/C12H17N3O3/c16-9-10-1-2-13-7-11(10)14-12(17)8-15-3-5-18-6-4-15/h1-2,7,16H,3-6,8-9H2,(H,14,17). The summed E-state index contributed by atoms with van der Waals surface area (Å²) in [6, 6.07) is 1.68. The van der Waals surface area contributed by atoms with Crippen LogP contribution in [0, 0.1) is 0 Å². The number of nitrogens with one attached hydrogen (secondary N) is 1. The van der Waals surface area contributed by atoms with Gasteiger partial charge in [0.15, 0.2) is 0 Å². The van der Waals surface area contributed by atoms with E-state index in [0.717, 1.165) is 13.1 Å². The number of anilines is 1. The van der Waals surface area contributed by atoms with Gasteiger partial charge in [0.2, 0.25) is 5.91 Å². The quantitative estimate of drug-likeness (QED) is 0.778. The number of hydrogen-bond acceptors (Lipinski definition) is 5. The van der Waals surface area contributed by atoms with Gasteiger partial charge in [0.1, 0.15) is 0 Å². The van der Waals surface area contributed by atoms with Gasteiger partial charge in [0.25, 0.3) is 0 Å². The van der Waals surface area contributed by atoms with Crippen LogP contribution in [-0.4, -0.2) is 53.7 Å². The summed E-state index contributed by atoms with van der Waals surface area (Å²) in [7, 11) is 0. The lowest BCUT2D eigenvalue weighted by Gasteiger charge is -2.25. The van der Waals surface area contributed by atoms with Crippen molar-refractivity contribution >= 4 is 11.6 Å². The molecule has 1 amide bonds. The first-order valence-electron chi connectivity index (χ1n) is 5.93. The molecular formula is C12H17N3O3. The Balaban J connectivity index is 1.90. The van der Waals surface area contributed by atoms with Crippen LogP contribution in [0.15, 0.2) is 18.5 Å². The van der Waals surface area contributed by atoms with Crippen LogP contribution in [0.2, 0.25) is 0 Å². The third kappa shape index (κ3) is 3.49. The molecule has 0 saturated carbocycles. The van der Waals surface area contributed by atoms with Gasteiger partial charge in [-0.15, -0.1) is 0 Å². The number of aliphatic hydroxyl groups excluding tert-OH is 1. The van der Waals surface area contributed by atoms with Crippen LogP contribution in [0.4, 0.5) is 5.69 Å². The Morgan fingerprint density at radius 2 is 2.28 bits per heavy atom. The Labute approximate surface area is 106 Å². The van der Waals surface area contributed by atoms with Crippen LogP contribution in [0.1, 0.15) is 5.56 Å². The van der Waals surface area contributed by atoms with Gasteiger partial charge in [-0.1, -0.05) is 0 Å². The maximum absolute atomic E-state index is 11.8. The molecule has 1 aromatic rings. The Kier molecular flexibility index (Phi) is 4.63. The predicted octanol–water partition coefficient (Wildman–Crippen LogP) is -0.155. The van der Waals surface area contributed by atoms with Gasteiger partial charge in [-0.3, -0.25) is 14.7 Å². The van der Waals surface area contributed by atoms with E-state index in [0.29, 0.717) is 31.0 Å². The van der Waals surface area contributed by atoms with Gasteiger partial charge in [-0.2, -0.15) is 0 Å². The number of nitrogens with zero attached hydrogens (tertiary/aromatic N) is 2. The molecule has 0 spiro atoms. The highest BCUT2D eigenvalue weighted by Gasteiger charge is 2.14. The molecule has 2 rings (SSSR count). The summed E-state index contributed by atoms with van der Waals surface area (Å²) in [5.74, 6) is -0.0976. The number of rotatable bonds is 4. The topological polar surface area (TPSA) is 74.7 Å². The lowest BCUT2D eigenvalue weighted by Crippen LogP contribution is -2.41. The zero-order valence-corrected chi connectivity index (χ0v) is 10.1. The molecule has 2 N–H and O–H groups in total. The molecule has 0 bridgehead atoms. The SMILES string of the molecule is O=C(CN1CCOCC1)Nc1cnccc1CO. The molecule has 0 atom stereocenters. The van der Waals surface area contributed by atoms with Gasteiger partial charge >= 0.3 is 0 Å². The lowest BCUT2D eigenvalue weighted by molar-refractivity contribution is -0.118. The monoisotopic (exact) mass is 251 g/mol. The molecule has 0 aromatic carbocycles. The maximum atomic E-state index is 11.8. The van der Waals surface area contributed by atoms with E-state index in [4.69, 9.17) is 9.84 Å². The predicted molar refractivity (Wildman–Crippen MR) is 66.0 cm³/mol. The maximum Gasteiger partial charge on any atom is 0.238 e. The molecule has 98 valence electrons. The summed E-state index contributed by atoms with van der Waals surface area (Å²) in [6.45, 7) is 3.10. The molecular weight excluding hydrogens is 234 g/mol. The fraction of sp³-hybridized carbons (Fsp3) is 0.500. The molecule has 1 saturated heterocycles. The van der Waals surface area contributed by atoms with Crippen LogP contribution in [0.5, 0.6) is 0 Å². The minimum Gasteiger partial charge on any atom is -0.392 e. The first-order chi connectivity index (χ1) is 8.79. The van der Waals surface area contributed by atoms with Crippen molar-refractivity contribution in [3.05, 3.63) is 24.0 Å². The van der Waals surface area contributed by atoms with E-state index < -0.39 is 0 Å². The molecule has 1 aliphatic heterocycles. The Hall–Kier alpha value is -1.50. The number of morpholine rings is 1. The van der Waals surface area contributed by atoms with Crippen LogP contribution >= 0.6 is 0 Å². The highest BCUT2D eigenvalue weighted by molar-refractivity contribution is 5.92. The number of pyridine rings is 1. The number of ether oxygens (including phenoxy) is 1. The Morgan fingerprint density at radius 3 is 3.00 bits per heavy atom. The van der Waals surface area contributed by atoms with Crippen molar-refractivity contribution in [1.82, 2.24) is 9.88 Å². The molecule has 2 heterocycles. The number of aliphatic hydroxyl groups is 1. The third-order valence-electron chi connectivity index (χ3n) is 2.83. The molecule has 0 radical (unpaired) electrons. The molecule has 1 fully saturated rings. The number of aromatic nitrogens is 1.